The first-order valence-electron chi connectivity index (χ1n) is 9.27. The number of rotatable bonds is 4. The zero-order valence-corrected chi connectivity index (χ0v) is 16.0. The fraction of sp³-hybridized carbons (Fsp3) is 0.182. The molecule has 2 saturated heterocycles. The number of furan rings is 1. The number of anilines is 1. The van der Waals surface area contributed by atoms with Crippen molar-refractivity contribution in [1.82, 2.24) is 4.90 Å². The van der Waals surface area contributed by atoms with Crippen LogP contribution in [0.2, 0.25) is 5.02 Å². The van der Waals surface area contributed by atoms with Crippen molar-refractivity contribution >= 4 is 29.1 Å². The number of hydroxylamine groups is 1. The van der Waals surface area contributed by atoms with E-state index < -0.39 is 18.1 Å². The van der Waals surface area contributed by atoms with Gasteiger partial charge in [0, 0.05) is 5.02 Å². The van der Waals surface area contributed by atoms with Gasteiger partial charge in [-0.1, -0.05) is 41.9 Å². The van der Waals surface area contributed by atoms with Gasteiger partial charge in [-0.25, -0.2) is 5.06 Å². The van der Waals surface area contributed by atoms with E-state index >= 15 is 0 Å². The molecular formula is C22H17ClN2O4. The summed E-state index contributed by atoms with van der Waals surface area (Å²) in [6.45, 7) is 0.223. The molecular weight excluding hydrogens is 392 g/mol. The molecule has 2 aromatic carbocycles. The van der Waals surface area contributed by atoms with Gasteiger partial charge in [-0.15, -0.1) is 0 Å². The SMILES string of the molecule is O=C1[C@@H]2[C@@H](c3ccco3)N(c3ccc(Cl)cc3)O[C@H]2C(=O)N1Cc1ccccc1. The Labute approximate surface area is 172 Å². The van der Waals surface area contributed by atoms with Crippen LogP contribution in [0.4, 0.5) is 5.69 Å². The van der Waals surface area contributed by atoms with Crippen LogP contribution in [0.1, 0.15) is 17.4 Å². The molecule has 146 valence electrons. The third-order valence-electron chi connectivity index (χ3n) is 5.31. The summed E-state index contributed by atoms with van der Waals surface area (Å²) in [7, 11) is 0. The average molecular weight is 409 g/mol. The lowest BCUT2D eigenvalue weighted by Gasteiger charge is -2.27. The summed E-state index contributed by atoms with van der Waals surface area (Å²) >= 11 is 6.00. The van der Waals surface area contributed by atoms with Crippen LogP contribution in [-0.4, -0.2) is 22.8 Å². The van der Waals surface area contributed by atoms with Gasteiger partial charge >= 0.3 is 0 Å². The van der Waals surface area contributed by atoms with E-state index in [0.717, 1.165) is 5.56 Å². The van der Waals surface area contributed by atoms with Crippen LogP contribution in [0.25, 0.3) is 0 Å². The van der Waals surface area contributed by atoms with Gasteiger partial charge in [0.15, 0.2) is 6.10 Å². The minimum absolute atomic E-state index is 0.223. The van der Waals surface area contributed by atoms with E-state index in [1.807, 2.05) is 30.3 Å². The monoisotopic (exact) mass is 408 g/mol. The minimum atomic E-state index is -0.892. The van der Waals surface area contributed by atoms with E-state index in [0.29, 0.717) is 16.5 Å². The summed E-state index contributed by atoms with van der Waals surface area (Å²) in [6.07, 6.45) is 0.656. The molecule has 3 aromatic rings. The van der Waals surface area contributed by atoms with Gasteiger partial charge < -0.3 is 4.42 Å². The molecule has 3 heterocycles. The first-order chi connectivity index (χ1) is 14.1. The second-order valence-corrected chi connectivity index (χ2v) is 7.50. The topological polar surface area (TPSA) is 63.0 Å². The van der Waals surface area contributed by atoms with Gasteiger partial charge in [0.05, 0.1) is 18.5 Å². The molecule has 7 heteroatoms. The van der Waals surface area contributed by atoms with Crippen LogP contribution in [0, 0.1) is 5.92 Å². The molecule has 0 N–H and O–H groups in total. The Balaban J connectivity index is 1.50. The lowest BCUT2D eigenvalue weighted by molar-refractivity contribution is -0.143. The van der Waals surface area contributed by atoms with Crippen molar-refractivity contribution < 1.29 is 18.8 Å². The molecule has 0 aliphatic carbocycles. The molecule has 2 amide bonds. The quantitative estimate of drug-likeness (QED) is 0.611. The van der Waals surface area contributed by atoms with Gasteiger partial charge in [0.2, 0.25) is 5.91 Å². The van der Waals surface area contributed by atoms with E-state index in [1.165, 1.54) is 4.90 Å². The molecule has 0 bridgehead atoms. The highest BCUT2D eigenvalue weighted by atomic mass is 35.5. The van der Waals surface area contributed by atoms with Crippen molar-refractivity contribution in [2.45, 2.75) is 18.7 Å². The molecule has 0 spiro atoms. The maximum absolute atomic E-state index is 13.3. The largest absolute Gasteiger partial charge is 0.467 e. The van der Waals surface area contributed by atoms with E-state index in [1.54, 1.807) is 47.7 Å². The first-order valence-corrected chi connectivity index (χ1v) is 9.65. The van der Waals surface area contributed by atoms with Gasteiger partial charge in [0.1, 0.15) is 17.7 Å². The van der Waals surface area contributed by atoms with Crippen LogP contribution in [-0.2, 0) is 21.0 Å². The van der Waals surface area contributed by atoms with Crippen LogP contribution >= 0.6 is 11.6 Å². The highest BCUT2D eigenvalue weighted by molar-refractivity contribution is 6.30. The fourth-order valence-corrected chi connectivity index (χ4v) is 4.08. The second kappa shape index (κ2) is 7.06. The number of nitrogens with zero attached hydrogens (tertiary/aromatic N) is 2. The number of amides is 2. The molecule has 29 heavy (non-hydrogen) atoms. The zero-order chi connectivity index (χ0) is 20.0. The Hall–Kier alpha value is -3.09. The molecule has 0 unspecified atom stereocenters. The van der Waals surface area contributed by atoms with Gasteiger partial charge in [0.25, 0.3) is 5.91 Å². The number of hydrogen-bond donors (Lipinski definition) is 0. The van der Waals surface area contributed by atoms with Crippen molar-refractivity contribution in [3.63, 3.8) is 0 Å². The lowest BCUT2D eigenvalue weighted by atomic mass is 9.94. The molecule has 0 saturated carbocycles. The van der Waals surface area contributed by atoms with E-state index in [2.05, 4.69) is 0 Å². The molecule has 3 atom stereocenters. The highest BCUT2D eigenvalue weighted by Gasteiger charge is 2.60. The summed E-state index contributed by atoms with van der Waals surface area (Å²) in [5.74, 6) is -0.721. The Bertz CT molecular complexity index is 1040. The van der Waals surface area contributed by atoms with E-state index in [9.17, 15) is 9.59 Å². The third kappa shape index (κ3) is 3.01. The number of likely N-dealkylation sites (tertiary alicyclic amines) is 1. The Morgan fingerprint density at radius 3 is 2.34 bits per heavy atom. The first kappa shape index (κ1) is 18.0. The number of imide groups is 1. The summed E-state index contributed by atoms with van der Waals surface area (Å²) in [6, 6.07) is 19.5. The molecule has 5 rings (SSSR count). The Morgan fingerprint density at radius 2 is 1.66 bits per heavy atom. The fourth-order valence-electron chi connectivity index (χ4n) is 3.95. The Kier molecular flexibility index (Phi) is 4.38. The molecule has 1 aromatic heterocycles. The van der Waals surface area contributed by atoms with Gasteiger partial charge in [-0.2, -0.15) is 0 Å². The van der Waals surface area contributed by atoms with Crippen LogP contribution in [0.15, 0.2) is 77.4 Å². The third-order valence-corrected chi connectivity index (χ3v) is 5.56. The number of carbonyl (C=O) groups excluding carboxylic acids is 2. The predicted molar refractivity (Wildman–Crippen MR) is 106 cm³/mol. The predicted octanol–water partition coefficient (Wildman–Crippen LogP) is 3.98. The zero-order valence-electron chi connectivity index (χ0n) is 15.3. The van der Waals surface area contributed by atoms with Gasteiger partial charge in [-0.05, 0) is 42.0 Å². The normalized spacial score (nSPS) is 23.7. The summed E-state index contributed by atoms with van der Waals surface area (Å²) in [5, 5.41) is 2.17. The average Bonchev–Trinajstić information content (AvgIpc) is 3.44. The maximum Gasteiger partial charge on any atom is 0.262 e. The molecule has 2 aliphatic rings. The maximum atomic E-state index is 13.3. The molecule has 6 nitrogen and oxygen atoms in total. The van der Waals surface area contributed by atoms with Crippen LogP contribution in [0.5, 0.6) is 0 Å². The highest BCUT2D eigenvalue weighted by Crippen LogP contribution is 2.47. The van der Waals surface area contributed by atoms with Crippen molar-refractivity contribution in [1.29, 1.82) is 0 Å². The minimum Gasteiger partial charge on any atom is -0.467 e. The standard InChI is InChI=1S/C22H17ClN2O4/c23-15-8-10-16(11-9-15)25-19(17-7-4-12-28-17)18-20(29-25)22(27)24(21(18)26)13-14-5-2-1-3-6-14/h1-12,18-20H,13H2/t18-,19-,20-/m1/s1. The van der Waals surface area contributed by atoms with Crippen molar-refractivity contribution in [2.75, 3.05) is 5.06 Å². The number of benzene rings is 2. The molecule has 0 radical (unpaired) electrons. The summed E-state index contributed by atoms with van der Waals surface area (Å²) < 4.78 is 5.61. The number of halogens is 1. The summed E-state index contributed by atoms with van der Waals surface area (Å²) in [5.41, 5.74) is 1.58. The van der Waals surface area contributed by atoms with Crippen LogP contribution in [0.3, 0.4) is 0 Å². The van der Waals surface area contributed by atoms with E-state index in [4.69, 9.17) is 20.9 Å². The van der Waals surface area contributed by atoms with Crippen LogP contribution < -0.4 is 5.06 Å². The number of fused-ring (bicyclic) bond motifs is 1. The van der Waals surface area contributed by atoms with Crippen molar-refractivity contribution in [2.24, 2.45) is 5.92 Å². The molecule has 2 fully saturated rings. The van der Waals surface area contributed by atoms with Gasteiger partial charge in [-0.3, -0.25) is 19.3 Å². The molecule has 2 aliphatic heterocycles. The second-order valence-electron chi connectivity index (χ2n) is 7.06. The van der Waals surface area contributed by atoms with E-state index in [-0.39, 0.29) is 18.4 Å². The number of carbonyl (C=O) groups is 2. The van der Waals surface area contributed by atoms with Crippen molar-refractivity contribution in [3.8, 4) is 0 Å². The Morgan fingerprint density at radius 1 is 0.897 bits per heavy atom. The lowest BCUT2D eigenvalue weighted by Crippen LogP contribution is -2.36. The summed E-state index contributed by atoms with van der Waals surface area (Å²) in [4.78, 5) is 33.6. The van der Waals surface area contributed by atoms with Crippen molar-refractivity contribution in [3.05, 3.63) is 89.3 Å². The smallest absolute Gasteiger partial charge is 0.262 e. The number of hydrogen-bond acceptors (Lipinski definition) is 5.